The maximum atomic E-state index is 14.1. The van der Waals surface area contributed by atoms with Gasteiger partial charge < -0.3 is 14.7 Å². The van der Waals surface area contributed by atoms with Gasteiger partial charge in [0.2, 0.25) is 0 Å². The quantitative estimate of drug-likeness (QED) is 0.387. The van der Waals surface area contributed by atoms with E-state index >= 15 is 0 Å². The Morgan fingerprint density at radius 3 is 2.63 bits per heavy atom. The maximum Gasteiger partial charge on any atom is 0.395 e. The van der Waals surface area contributed by atoms with E-state index < -0.39 is 22.0 Å². The Bertz CT molecular complexity index is 1360. The van der Waals surface area contributed by atoms with E-state index in [1.54, 1.807) is 24.3 Å². The molecule has 0 saturated carbocycles. The zero-order valence-corrected chi connectivity index (χ0v) is 15.4. The third-order valence-corrected chi connectivity index (χ3v) is 4.62. The molecule has 150 valence electrons. The second-order valence-electron chi connectivity index (χ2n) is 6.53. The summed E-state index contributed by atoms with van der Waals surface area (Å²) >= 11 is 0. The van der Waals surface area contributed by atoms with Crippen LogP contribution in [0.2, 0.25) is 0 Å². The van der Waals surface area contributed by atoms with Crippen LogP contribution < -0.4 is 5.56 Å². The van der Waals surface area contributed by atoms with Crippen LogP contribution in [0.5, 0.6) is 5.88 Å². The number of H-pyrrole nitrogens is 1. The Morgan fingerprint density at radius 2 is 1.90 bits per heavy atom. The number of rotatable bonds is 5. The average Bonchev–Trinajstić information content (AvgIpc) is 3.05. The van der Waals surface area contributed by atoms with Crippen molar-refractivity contribution in [1.82, 2.24) is 14.5 Å². The monoisotopic (exact) mass is 406 g/mol. The van der Waals surface area contributed by atoms with Crippen LogP contribution in [0, 0.1) is 15.9 Å². The Morgan fingerprint density at radius 1 is 1.17 bits per heavy atom. The number of nitro groups is 1. The molecule has 2 N–H and O–H groups in total. The summed E-state index contributed by atoms with van der Waals surface area (Å²) in [6.45, 7) is 0.328. The summed E-state index contributed by atoms with van der Waals surface area (Å²) < 4.78 is 16.0. The molecular formula is C21H15FN4O4. The zero-order valence-electron chi connectivity index (χ0n) is 15.4. The number of nitrogens with one attached hydrogen (secondary N) is 1. The number of aromatic amines is 1. The fourth-order valence-electron chi connectivity index (χ4n) is 3.23. The number of nitrogens with zero attached hydrogens (tertiary/aromatic N) is 3. The lowest BCUT2D eigenvalue weighted by molar-refractivity contribution is -0.387. The Kier molecular flexibility index (Phi) is 4.85. The maximum absolute atomic E-state index is 14.1. The third kappa shape index (κ3) is 3.55. The summed E-state index contributed by atoms with van der Waals surface area (Å²) in [4.78, 5) is 27.5. The van der Waals surface area contributed by atoms with E-state index in [-0.39, 0.29) is 11.6 Å². The first-order chi connectivity index (χ1) is 14.4. The van der Waals surface area contributed by atoms with Crippen molar-refractivity contribution >= 4 is 28.7 Å². The lowest BCUT2D eigenvalue weighted by atomic mass is 10.1. The first-order valence-electron chi connectivity index (χ1n) is 8.91. The first kappa shape index (κ1) is 19.1. The van der Waals surface area contributed by atoms with Gasteiger partial charge in [0.1, 0.15) is 11.6 Å². The smallest absolute Gasteiger partial charge is 0.395 e. The number of aromatic hydroxyl groups is 1. The number of para-hydroxylation sites is 1. The van der Waals surface area contributed by atoms with Gasteiger partial charge in [-0.05, 0) is 24.3 Å². The van der Waals surface area contributed by atoms with Crippen LogP contribution >= 0.6 is 0 Å². The molecule has 0 radical (unpaired) electrons. The molecular weight excluding hydrogens is 391 g/mol. The van der Waals surface area contributed by atoms with Crippen molar-refractivity contribution < 1.29 is 14.4 Å². The van der Waals surface area contributed by atoms with Crippen LogP contribution in [-0.2, 0) is 6.54 Å². The van der Waals surface area contributed by atoms with Crippen LogP contribution in [0.4, 0.5) is 10.1 Å². The molecule has 0 spiro atoms. The molecule has 0 unspecified atom stereocenters. The molecule has 0 saturated heterocycles. The van der Waals surface area contributed by atoms with E-state index in [4.69, 9.17) is 0 Å². The summed E-state index contributed by atoms with van der Waals surface area (Å²) in [5, 5.41) is 21.3. The van der Waals surface area contributed by atoms with Gasteiger partial charge >= 0.3 is 11.2 Å². The van der Waals surface area contributed by atoms with Crippen molar-refractivity contribution in [2.45, 2.75) is 6.54 Å². The van der Waals surface area contributed by atoms with Gasteiger partial charge in [0.15, 0.2) is 0 Å². The number of hydrogen-bond donors (Lipinski definition) is 2. The normalized spacial score (nSPS) is 11.4. The number of aromatic nitrogens is 3. The molecule has 0 aliphatic heterocycles. The van der Waals surface area contributed by atoms with Crippen molar-refractivity contribution in [3.63, 3.8) is 0 Å². The van der Waals surface area contributed by atoms with Crippen molar-refractivity contribution in [2.24, 2.45) is 0 Å². The highest BCUT2D eigenvalue weighted by Gasteiger charge is 2.21. The minimum absolute atomic E-state index is 0.0333. The van der Waals surface area contributed by atoms with Gasteiger partial charge in [-0.3, -0.25) is 14.9 Å². The van der Waals surface area contributed by atoms with Crippen molar-refractivity contribution in [2.75, 3.05) is 0 Å². The summed E-state index contributed by atoms with van der Waals surface area (Å²) in [5.74, 6) is -1.28. The average molecular weight is 406 g/mol. The van der Waals surface area contributed by atoms with Gasteiger partial charge in [0, 0.05) is 28.2 Å². The highest BCUT2D eigenvalue weighted by Crippen LogP contribution is 2.25. The van der Waals surface area contributed by atoms with Crippen molar-refractivity contribution in [1.29, 1.82) is 0 Å². The summed E-state index contributed by atoms with van der Waals surface area (Å²) in [6, 6.07) is 14.1. The van der Waals surface area contributed by atoms with Crippen LogP contribution in [0.25, 0.3) is 23.1 Å². The summed E-state index contributed by atoms with van der Waals surface area (Å²) in [5.41, 5.74) is 0.138. The Labute approximate surface area is 168 Å². The largest absolute Gasteiger partial charge is 0.488 e. The predicted octanol–water partition coefficient (Wildman–Crippen LogP) is 3.70. The second-order valence-corrected chi connectivity index (χ2v) is 6.53. The van der Waals surface area contributed by atoms with E-state index in [1.807, 2.05) is 35.0 Å². The molecule has 0 bridgehead atoms. The molecule has 2 heterocycles. The van der Waals surface area contributed by atoms with E-state index in [0.717, 1.165) is 16.5 Å². The molecule has 9 heteroatoms. The fraction of sp³-hybridized carbons (Fsp3) is 0.0476. The molecule has 0 fully saturated rings. The third-order valence-electron chi connectivity index (χ3n) is 4.62. The highest BCUT2D eigenvalue weighted by molar-refractivity contribution is 5.91. The first-order valence-corrected chi connectivity index (χ1v) is 8.91. The number of fused-ring (bicyclic) bond motifs is 1. The predicted molar refractivity (Wildman–Crippen MR) is 110 cm³/mol. The molecule has 8 nitrogen and oxygen atoms in total. The van der Waals surface area contributed by atoms with Gasteiger partial charge in [0.25, 0.3) is 5.88 Å². The van der Waals surface area contributed by atoms with E-state index in [2.05, 4.69) is 9.97 Å². The molecule has 2 aromatic carbocycles. The molecule has 2 aromatic heterocycles. The van der Waals surface area contributed by atoms with Gasteiger partial charge in [-0.1, -0.05) is 36.4 Å². The standard InChI is InChI=1S/C21H15FN4O4/c22-16-7-3-1-5-14(16)12-25-11-13(15-6-2-4-8-17(15)25)9-10-18-23-20(27)19(26(29)30)21(28)24-18/h1-11H,12H2,(H2,23,24,27,28). The Hall–Kier alpha value is -4.27. The lowest BCUT2D eigenvalue weighted by Gasteiger charge is -2.06. The number of hydrogen-bond acceptors (Lipinski definition) is 5. The van der Waals surface area contributed by atoms with E-state index in [9.17, 15) is 24.4 Å². The van der Waals surface area contributed by atoms with Crippen LogP contribution in [0.15, 0.2) is 59.5 Å². The van der Waals surface area contributed by atoms with E-state index in [1.165, 1.54) is 12.1 Å². The Balaban J connectivity index is 1.73. The van der Waals surface area contributed by atoms with Gasteiger partial charge in [-0.2, -0.15) is 4.98 Å². The van der Waals surface area contributed by atoms with Crippen LogP contribution in [0.3, 0.4) is 0 Å². The van der Waals surface area contributed by atoms with Gasteiger partial charge in [-0.15, -0.1) is 0 Å². The van der Waals surface area contributed by atoms with Gasteiger partial charge in [-0.25, -0.2) is 4.39 Å². The molecule has 0 atom stereocenters. The highest BCUT2D eigenvalue weighted by atomic mass is 19.1. The molecule has 0 aliphatic rings. The van der Waals surface area contributed by atoms with Crippen LogP contribution in [-0.4, -0.2) is 24.6 Å². The SMILES string of the molecule is O=c1[nH]c(C=Cc2cn(Cc3ccccc3F)c3ccccc23)nc(O)c1[N+](=O)[O-]. The molecule has 0 amide bonds. The van der Waals surface area contributed by atoms with Crippen molar-refractivity contribution in [3.05, 3.63) is 98.0 Å². The molecule has 30 heavy (non-hydrogen) atoms. The number of benzene rings is 2. The van der Waals surface area contributed by atoms with Crippen LogP contribution in [0.1, 0.15) is 17.0 Å². The molecule has 0 aliphatic carbocycles. The van der Waals surface area contributed by atoms with Crippen molar-refractivity contribution in [3.8, 4) is 5.88 Å². The second kappa shape index (κ2) is 7.63. The molecule has 4 rings (SSSR count). The molecule has 4 aromatic rings. The lowest BCUT2D eigenvalue weighted by Crippen LogP contribution is -2.14. The minimum atomic E-state index is -1.05. The summed E-state index contributed by atoms with van der Waals surface area (Å²) in [6.07, 6.45) is 4.92. The zero-order chi connectivity index (χ0) is 21.3. The van der Waals surface area contributed by atoms with E-state index in [0.29, 0.717) is 12.1 Å². The fourth-order valence-corrected chi connectivity index (χ4v) is 3.23. The van der Waals surface area contributed by atoms with Gasteiger partial charge in [0.05, 0.1) is 11.5 Å². The summed E-state index contributed by atoms with van der Waals surface area (Å²) in [7, 11) is 0. The number of halogens is 1. The minimum Gasteiger partial charge on any atom is -0.488 e. The topological polar surface area (TPSA) is 114 Å².